The van der Waals surface area contributed by atoms with Crippen LogP contribution in [0.5, 0.6) is 0 Å². The zero-order valence-corrected chi connectivity index (χ0v) is 19.1. The minimum atomic E-state index is -0.316. The number of carbonyl (C=O) groups excluding carboxylic acids is 2. The summed E-state index contributed by atoms with van der Waals surface area (Å²) >= 11 is 1.33. The molecule has 0 aliphatic carbocycles. The van der Waals surface area contributed by atoms with Crippen LogP contribution in [0.3, 0.4) is 0 Å². The molecule has 1 aliphatic heterocycles. The second kappa shape index (κ2) is 10.6. The lowest BCUT2D eigenvalue weighted by Crippen LogP contribution is -2.41. The molecule has 7 nitrogen and oxygen atoms in total. The summed E-state index contributed by atoms with van der Waals surface area (Å²) in [4.78, 5) is 26.3. The molecule has 4 rings (SSSR count). The molecule has 0 atom stereocenters. The van der Waals surface area contributed by atoms with Gasteiger partial charge in [0, 0.05) is 18.7 Å². The van der Waals surface area contributed by atoms with E-state index in [-0.39, 0.29) is 29.4 Å². The Morgan fingerprint density at radius 1 is 1.06 bits per heavy atom. The van der Waals surface area contributed by atoms with Crippen molar-refractivity contribution in [2.75, 3.05) is 26.0 Å². The highest BCUT2D eigenvalue weighted by molar-refractivity contribution is 7.99. The van der Waals surface area contributed by atoms with Crippen LogP contribution in [0.1, 0.15) is 18.4 Å². The maximum absolute atomic E-state index is 13.4. The summed E-state index contributed by atoms with van der Waals surface area (Å²) in [6.07, 6.45) is 1.23. The number of nitrogens with zero attached hydrogens (tertiary/aromatic N) is 4. The molecule has 2 heterocycles. The van der Waals surface area contributed by atoms with Crippen molar-refractivity contribution in [3.63, 3.8) is 0 Å². The molecule has 0 N–H and O–H groups in total. The Morgan fingerprint density at radius 3 is 2.42 bits per heavy atom. The van der Waals surface area contributed by atoms with E-state index < -0.39 is 0 Å². The predicted molar refractivity (Wildman–Crippen MR) is 123 cm³/mol. The van der Waals surface area contributed by atoms with Gasteiger partial charge in [-0.3, -0.25) is 14.2 Å². The summed E-state index contributed by atoms with van der Waals surface area (Å²) < 4.78 is 20.2. The summed E-state index contributed by atoms with van der Waals surface area (Å²) in [7, 11) is 1.39. The van der Waals surface area contributed by atoms with E-state index in [1.165, 1.54) is 31.0 Å². The Kier molecular flexibility index (Phi) is 7.39. The minimum absolute atomic E-state index is 0.000842. The van der Waals surface area contributed by atoms with Crippen LogP contribution in [0.25, 0.3) is 11.4 Å². The Labute approximate surface area is 196 Å². The van der Waals surface area contributed by atoms with Gasteiger partial charge >= 0.3 is 5.97 Å². The second-order valence-corrected chi connectivity index (χ2v) is 8.79. The number of benzene rings is 2. The molecule has 1 fully saturated rings. The van der Waals surface area contributed by atoms with Gasteiger partial charge in [-0.05, 0) is 42.7 Å². The zero-order valence-electron chi connectivity index (χ0n) is 18.3. The van der Waals surface area contributed by atoms with E-state index in [1.807, 2.05) is 34.9 Å². The maximum atomic E-state index is 13.4. The lowest BCUT2D eigenvalue weighted by Gasteiger charge is -2.30. The first-order valence-electron chi connectivity index (χ1n) is 10.8. The lowest BCUT2D eigenvalue weighted by atomic mass is 9.97. The van der Waals surface area contributed by atoms with E-state index in [1.54, 1.807) is 17.0 Å². The molecule has 0 spiro atoms. The van der Waals surface area contributed by atoms with Crippen molar-refractivity contribution in [2.45, 2.75) is 24.5 Å². The van der Waals surface area contributed by atoms with Crippen LogP contribution in [0, 0.1) is 11.7 Å². The van der Waals surface area contributed by atoms with Crippen molar-refractivity contribution >= 4 is 23.6 Å². The molecule has 1 aliphatic rings. The maximum Gasteiger partial charge on any atom is 0.308 e. The zero-order chi connectivity index (χ0) is 23.2. The van der Waals surface area contributed by atoms with E-state index in [0.29, 0.717) is 43.5 Å². The number of thioether (sulfide) groups is 1. The van der Waals surface area contributed by atoms with E-state index in [4.69, 9.17) is 4.74 Å². The molecule has 0 radical (unpaired) electrons. The lowest BCUT2D eigenvalue weighted by molar-refractivity contribution is -0.148. The molecular weight excluding hydrogens is 443 g/mol. The topological polar surface area (TPSA) is 77.3 Å². The number of likely N-dealkylation sites (tertiary alicyclic amines) is 1. The number of esters is 1. The number of rotatable bonds is 7. The van der Waals surface area contributed by atoms with Gasteiger partial charge in [-0.25, -0.2) is 4.39 Å². The monoisotopic (exact) mass is 468 g/mol. The van der Waals surface area contributed by atoms with Gasteiger partial charge < -0.3 is 9.64 Å². The van der Waals surface area contributed by atoms with E-state index in [0.717, 1.165) is 11.1 Å². The molecule has 2 aromatic carbocycles. The Morgan fingerprint density at radius 2 is 1.76 bits per heavy atom. The quantitative estimate of drug-likeness (QED) is 0.389. The van der Waals surface area contributed by atoms with Crippen molar-refractivity contribution in [1.82, 2.24) is 19.7 Å². The van der Waals surface area contributed by atoms with Crippen LogP contribution in [-0.2, 0) is 20.9 Å². The first kappa shape index (κ1) is 23.0. The predicted octanol–water partition coefficient (Wildman–Crippen LogP) is 3.64. The third kappa shape index (κ3) is 5.60. The van der Waals surface area contributed by atoms with E-state index in [9.17, 15) is 14.0 Å². The number of halogens is 1. The van der Waals surface area contributed by atoms with Crippen LogP contribution in [0.2, 0.25) is 0 Å². The number of hydrogen-bond donors (Lipinski definition) is 0. The van der Waals surface area contributed by atoms with Gasteiger partial charge in [-0.1, -0.05) is 42.1 Å². The average Bonchev–Trinajstić information content (AvgIpc) is 3.25. The van der Waals surface area contributed by atoms with Crippen LogP contribution in [-0.4, -0.2) is 57.5 Å². The number of carbonyl (C=O) groups is 2. The number of ether oxygens (including phenoxy) is 1. The fourth-order valence-electron chi connectivity index (χ4n) is 3.87. The van der Waals surface area contributed by atoms with Gasteiger partial charge in [0.1, 0.15) is 5.82 Å². The van der Waals surface area contributed by atoms with Crippen molar-refractivity contribution in [3.05, 3.63) is 66.0 Å². The second-order valence-electron chi connectivity index (χ2n) is 7.85. The Bertz CT molecular complexity index is 1100. The average molecular weight is 469 g/mol. The fraction of sp³-hybridized carbons (Fsp3) is 0.333. The largest absolute Gasteiger partial charge is 0.469 e. The van der Waals surface area contributed by atoms with Crippen LogP contribution < -0.4 is 0 Å². The van der Waals surface area contributed by atoms with Gasteiger partial charge in [0.05, 0.1) is 25.3 Å². The molecule has 1 amide bonds. The number of amides is 1. The normalized spacial score (nSPS) is 14.3. The number of methoxy groups -OCH3 is 1. The molecule has 33 heavy (non-hydrogen) atoms. The van der Waals surface area contributed by atoms with Gasteiger partial charge in [0.15, 0.2) is 11.0 Å². The number of piperidine rings is 1. The molecule has 1 saturated heterocycles. The smallest absolute Gasteiger partial charge is 0.308 e. The molecular formula is C24H25FN4O3S. The summed E-state index contributed by atoms with van der Waals surface area (Å²) in [5.74, 6) is 0.176. The van der Waals surface area contributed by atoms with Gasteiger partial charge in [-0.15, -0.1) is 10.2 Å². The number of aromatic nitrogens is 3. The van der Waals surface area contributed by atoms with Crippen LogP contribution >= 0.6 is 11.8 Å². The van der Waals surface area contributed by atoms with Crippen molar-refractivity contribution < 1.29 is 18.7 Å². The molecule has 1 aromatic heterocycles. The van der Waals surface area contributed by atoms with Crippen molar-refractivity contribution in [3.8, 4) is 11.4 Å². The van der Waals surface area contributed by atoms with E-state index in [2.05, 4.69) is 10.2 Å². The molecule has 9 heteroatoms. The SMILES string of the molecule is COC(=O)C1CCN(C(=O)CSc2nnc(-c3ccc(F)cc3)n2Cc2ccccc2)CC1. The van der Waals surface area contributed by atoms with Crippen molar-refractivity contribution in [2.24, 2.45) is 5.92 Å². The Hall–Kier alpha value is -3.20. The third-order valence-corrected chi connectivity index (χ3v) is 6.66. The summed E-state index contributed by atoms with van der Waals surface area (Å²) in [6, 6.07) is 16.0. The fourth-order valence-corrected chi connectivity index (χ4v) is 4.71. The van der Waals surface area contributed by atoms with Crippen LogP contribution in [0.15, 0.2) is 59.8 Å². The molecule has 3 aromatic rings. The van der Waals surface area contributed by atoms with Gasteiger partial charge in [0.25, 0.3) is 0 Å². The summed E-state index contributed by atoms with van der Waals surface area (Å²) in [5.41, 5.74) is 1.82. The highest BCUT2D eigenvalue weighted by Crippen LogP contribution is 2.26. The first-order valence-corrected chi connectivity index (χ1v) is 11.7. The van der Waals surface area contributed by atoms with Gasteiger partial charge in [-0.2, -0.15) is 0 Å². The highest BCUT2D eigenvalue weighted by Gasteiger charge is 2.28. The van der Waals surface area contributed by atoms with Crippen LogP contribution in [0.4, 0.5) is 4.39 Å². The highest BCUT2D eigenvalue weighted by atomic mass is 32.2. The third-order valence-electron chi connectivity index (χ3n) is 5.71. The van der Waals surface area contributed by atoms with Crippen molar-refractivity contribution in [1.29, 1.82) is 0 Å². The number of hydrogen-bond acceptors (Lipinski definition) is 6. The first-order chi connectivity index (χ1) is 16.0. The molecule has 0 bridgehead atoms. The summed E-state index contributed by atoms with van der Waals surface area (Å²) in [6.45, 7) is 1.61. The van der Waals surface area contributed by atoms with Gasteiger partial charge in [0.2, 0.25) is 5.91 Å². The Balaban J connectivity index is 1.47. The standard InChI is InChI=1S/C24H25FN4O3S/c1-32-23(31)19-11-13-28(14-12-19)21(30)16-33-24-27-26-22(18-7-9-20(25)10-8-18)29(24)15-17-5-3-2-4-6-17/h2-10,19H,11-16H2,1H3. The van der Waals surface area contributed by atoms with E-state index >= 15 is 0 Å². The molecule has 0 saturated carbocycles. The summed E-state index contributed by atoms with van der Waals surface area (Å²) in [5, 5.41) is 9.28. The molecule has 172 valence electrons. The molecule has 0 unspecified atom stereocenters. The minimum Gasteiger partial charge on any atom is -0.469 e.